The normalized spacial score (nSPS) is 17.5. The molecule has 6 nitrogen and oxygen atoms in total. The van der Waals surface area contributed by atoms with Crippen LogP contribution in [0.3, 0.4) is 0 Å². The average molecular weight is 324 g/mol. The van der Waals surface area contributed by atoms with Gasteiger partial charge in [-0.05, 0) is 25.1 Å². The minimum absolute atomic E-state index is 0.0463. The van der Waals surface area contributed by atoms with E-state index in [-0.39, 0.29) is 23.7 Å². The molecule has 1 heterocycles. The minimum Gasteiger partial charge on any atom is -0.497 e. The number of ether oxygens (including phenoxy) is 2. The summed E-state index contributed by atoms with van der Waals surface area (Å²) in [6.45, 7) is 2.44. The van der Waals surface area contributed by atoms with Gasteiger partial charge < -0.3 is 19.7 Å². The van der Waals surface area contributed by atoms with E-state index < -0.39 is 0 Å². The molecule has 1 aliphatic heterocycles. The molecule has 0 saturated carbocycles. The van der Waals surface area contributed by atoms with Crippen molar-refractivity contribution in [3.8, 4) is 11.5 Å². The third-order valence-corrected chi connectivity index (χ3v) is 4.60. The molecule has 1 atom stereocenters. The Labute approximate surface area is 134 Å². The van der Waals surface area contributed by atoms with E-state index in [2.05, 4.69) is 5.32 Å². The molecule has 1 aromatic carbocycles. The van der Waals surface area contributed by atoms with Crippen molar-refractivity contribution in [3.05, 3.63) is 23.8 Å². The first-order valence-electron chi connectivity index (χ1n) is 7.00. The topological polar surface area (TPSA) is 67.9 Å². The molecule has 2 amide bonds. The number of hydrogen-bond donors (Lipinski definition) is 1. The second-order valence-electron chi connectivity index (χ2n) is 4.75. The molecule has 2 rings (SSSR count). The van der Waals surface area contributed by atoms with Crippen LogP contribution in [-0.4, -0.2) is 49.8 Å². The highest BCUT2D eigenvalue weighted by molar-refractivity contribution is 8.00. The van der Waals surface area contributed by atoms with Crippen molar-refractivity contribution in [2.45, 2.75) is 12.3 Å². The van der Waals surface area contributed by atoms with Crippen LogP contribution >= 0.6 is 11.8 Å². The van der Waals surface area contributed by atoms with Gasteiger partial charge >= 0.3 is 0 Å². The quantitative estimate of drug-likeness (QED) is 0.857. The molecule has 120 valence electrons. The largest absolute Gasteiger partial charge is 0.497 e. The number of amides is 2. The molecule has 0 aliphatic carbocycles. The zero-order chi connectivity index (χ0) is 16.1. The van der Waals surface area contributed by atoms with Crippen LogP contribution in [0, 0.1) is 0 Å². The molecule has 1 aliphatic rings. The third kappa shape index (κ3) is 3.47. The van der Waals surface area contributed by atoms with Gasteiger partial charge in [-0.25, -0.2) is 0 Å². The summed E-state index contributed by atoms with van der Waals surface area (Å²) in [5, 5.41) is 2.47. The third-order valence-electron chi connectivity index (χ3n) is 3.36. The van der Waals surface area contributed by atoms with Crippen LogP contribution in [0.15, 0.2) is 18.2 Å². The smallest absolute Gasteiger partial charge is 0.239 e. The molecule has 0 aromatic heterocycles. The number of nitrogens with zero attached hydrogens (tertiary/aromatic N) is 1. The van der Waals surface area contributed by atoms with Gasteiger partial charge in [0.2, 0.25) is 11.8 Å². The first-order chi connectivity index (χ1) is 10.6. The number of likely N-dealkylation sites (N-methyl/N-ethyl adjacent to an activating group) is 1. The lowest BCUT2D eigenvalue weighted by molar-refractivity contribution is -0.133. The molecule has 22 heavy (non-hydrogen) atoms. The predicted octanol–water partition coefficient (Wildman–Crippen LogP) is 1.41. The Hall–Kier alpha value is -1.89. The number of carbonyl (C=O) groups excluding carboxylic acids is 2. The van der Waals surface area contributed by atoms with Crippen LogP contribution in [0.2, 0.25) is 0 Å². The first kappa shape index (κ1) is 16.5. The summed E-state index contributed by atoms with van der Waals surface area (Å²) in [4.78, 5) is 25.5. The van der Waals surface area contributed by atoms with Crippen LogP contribution in [0.1, 0.15) is 17.9 Å². The number of carbonyl (C=O) groups is 2. The predicted molar refractivity (Wildman–Crippen MR) is 85.1 cm³/mol. The maximum atomic E-state index is 12.1. The summed E-state index contributed by atoms with van der Waals surface area (Å²) in [5.41, 5.74) is 0.835. The lowest BCUT2D eigenvalue weighted by Gasteiger charge is -2.25. The molecule has 1 aromatic rings. The van der Waals surface area contributed by atoms with Crippen molar-refractivity contribution in [2.75, 3.05) is 33.1 Å². The second-order valence-corrected chi connectivity index (χ2v) is 5.81. The van der Waals surface area contributed by atoms with Crippen LogP contribution in [0.4, 0.5) is 0 Å². The highest BCUT2D eigenvalue weighted by atomic mass is 32.2. The molecular formula is C15H20N2O4S. The molecule has 0 unspecified atom stereocenters. The van der Waals surface area contributed by atoms with E-state index in [0.717, 1.165) is 5.56 Å². The zero-order valence-corrected chi connectivity index (χ0v) is 13.7. The van der Waals surface area contributed by atoms with Gasteiger partial charge in [-0.15, -0.1) is 11.8 Å². The Morgan fingerprint density at radius 3 is 2.82 bits per heavy atom. The lowest BCUT2D eigenvalue weighted by Crippen LogP contribution is -2.39. The number of methoxy groups -OCH3 is 2. The highest BCUT2D eigenvalue weighted by Gasteiger charge is 2.35. The van der Waals surface area contributed by atoms with Crippen molar-refractivity contribution in [1.29, 1.82) is 0 Å². The van der Waals surface area contributed by atoms with Gasteiger partial charge in [0.15, 0.2) is 0 Å². The van der Waals surface area contributed by atoms with Gasteiger partial charge in [-0.2, -0.15) is 0 Å². The number of thioether (sulfide) groups is 1. The molecule has 0 spiro atoms. The summed E-state index contributed by atoms with van der Waals surface area (Å²) in [5.74, 6) is 1.50. The lowest BCUT2D eigenvalue weighted by atomic mass is 10.1. The van der Waals surface area contributed by atoms with Gasteiger partial charge in [0, 0.05) is 12.1 Å². The van der Waals surface area contributed by atoms with Gasteiger partial charge in [-0.3, -0.25) is 9.59 Å². The Bertz CT molecular complexity index is 564. The molecule has 0 radical (unpaired) electrons. The van der Waals surface area contributed by atoms with E-state index in [1.807, 2.05) is 19.1 Å². The maximum absolute atomic E-state index is 12.1. The maximum Gasteiger partial charge on any atom is 0.239 e. The van der Waals surface area contributed by atoms with E-state index >= 15 is 0 Å². The number of rotatable bonds is 6. The first-order valence-corrected chi connectivity index (χ1v) is 8.05. The van der Waals surface area contributed by atoms with Crippen LogP contribution in [-0.2, 0) is 9.59 Å². The van der Waals surface area contributed by atoms with Gasteiger partial charge in [-0.1, -0.05) is 0 Å². The van der Waals surface area contributed by atoms with Crippen molar-refractivity contribution < 1.29 is 19.1 Å². The molecule has 1 fully saturated rings. The molecule has 1 N–H and O–H groups in total. The number of benzene rings is 1. The fourth-order valence-electron chi connectivity index (χ4n) is 2.32. The monoisotopic (exact) mass is 324 g/mol. The van der Waals surface area contributed by atoms with Gasteiger partial charge in [0.1, 0.15) is 23.4 Å². The Morgan fingerprint density at radius 1 is 1.41 bits per heavy atom. The summed E-state index contributed by atoms with van der Waals surface area (Å²) in [6, 6.07) is 5.46. The average Bonchev–Trinajstić information content (AvgIpc) is 2.88. The van der Waals surface area contributed by atoms with Crippen LogP contribution in [0.25, 0.3) is 0 Å². The number of nitrogens with one attached hydrogen (secondary N) is 1. The fourth-order valence-corrected chi connectivity index (χ4v) is 3.52. The van der Waals surface area contributed by atoms with Crippen molar-refractivity contribution >= 4 is 23.6 Å². The molecule has 7 heteroatoms. The molecule has 1 saturated heterocycles. The second kappa shape index (κ2) is 7.40. The Kier molecular flexibility index (Phi) is 5.54. The summed E-state index contributed by atoms with van der Waals surface area (Å²) < 4.78 is 10.6. The van der Waals surface area contributed by atoms with E-state index in [1.54, 1.807) is 25.2 Å². The summed E-state index contributed by atoms with van der Waals surface area (Å²) in [6.07, 6.45) is 0. The van der Waals surface area contributed by atoms with Crippen LogP contribution in [0.5, 0.6) is 11.5 Å². The highest BCUT2D eigenvalue weighted by Crippen LogP contribution is 2.43. The van der Waals surface area contributed by atoms with E-state index in [1.165, 1.54) is 11.8 Å². The zero-order valence-electron chi connectivity index (χ0n) is 12.9. The Balaban J connectivity index is 2.29. The SMILES string of the molecule is CCNC(=O)CN1C(=O)CS[C@H]1c1cc(OC)ccc1OC. The van der Waals surface area contributed by atoms with Gasteiger partial charge in [0.05, 0.1) is 20.0 Å². The Morgan fingerprint density at radius 2 is 2.18 bits per heavy atom. The fraction of sp³-hybridized carbons (Fsp3) is 0.467. The van der Waals surface area contributed by atoms with Crippen molar-refractivity contribution in [3.63, 3.8) is 0 Å². The minimum atomic E-state index is -0.250. The van der Waals surface area contributed by atoms with Crippen molar-refractivity contribution in [2.24, 2.45) is 0 Å². The number of hydrogen-bond acceptors (Lipinski definition) is 5. The summed E-state index contributed by atoms with van der Waals surface area (Å²) >= 11 is 1.48. The van der Waals surface area contributed by atoms with E-state index in [0.29, 0.717) is 23.8 Å². The van der Waals surface area contributed by atoms with Crippen LogP contribution < -0.4 is 14.8 Å². The summed E-state index contributed by atoms with van der Waals surface area (Å²) in [7, 11) is 3.17. The van der Waals surface area contributed by atoms with Crippen molar-refractivity contribution in [1.82, 2.24) is 10.2 Å². The van der Waals surface area contributed by atoms with E-state index in [9.17, 15) is 9.59 Å². The van der Waals surface area contributed by atoms with E-state index in [4.69, 9.17) is 9.47 Å². The molecular weight excluding hydrogens is 304 g/mol. The molecule has 0 bridgehead atoms. The standard InChI is InChI=1S/C15H20N2O4S/c1-4-16-13(18)8-17-14(19)9-22-15(17)11-7-10(20-2)5-6-12(11)21-3/h5-7,15H,4,8-9H2,1-3H3,(H,16,18)/t15-/m0/s1. The van der Waals surface area contributed by atoms with Gasteiger partial charge in [0.25, 0.3) is 0 Å².